The zero-order chi connectivity index (χ0) is 14.7. The predicted octanol–water partition coefficient (Wildman–Crippen LogP) is -0.210. The summed E-state index contributed by atoms with van der Waals surface area (Å²) < 4.78 is 10.9. The van der Waals surface area contributed by atoms with E-state index < -0.39 is 5.91 Å². The molecule has 2 aliphatic heterocycles. The number of morpholine rings is 1. The fraction of sp³-hybridized carbons (Fsp3) is 0.643. The lowest BCUT2D eigenvalue weighted by Gasteiger charge is -2.32. The molecule has 0 saturated carbocycles. The van der Waals surface area contributed by atoms with Gasteiger partial charge in [0, 0.05) is 32.2 Å². The minimum Gasteiger partial charge on any atom is -0.455 e. The lowest BCUT2D eigenvalue weighted by atomic mass is 10.2. The van der Waals surface area contributed by atoms with Crippen molar-refractivity contribution >= 4 is 5.91 Å². The molecule has 2 saturated heterocycles. The van der Waals surface area contributed by atoms with Gasteiger partial charge in [-0.1, -0.05) is 0 Å². The number of hydrogen-bond donors (Lipinski definition) is 2. The summed E-state index contributed by atoms with van der Waals surface area (Å²) in [4.78, 5) is 16.2. The molecular formula is C14H22N4O3. The highest BCUT2D eigenvalue weighted by Gasteiger charge is 2.29. The van der Waals surface area contributed by atoms with Gasteiger partial charge in [0.25, 0.3) is 0 Å². The summed E-state index contributed by atoms with van der Waals surface area (Å²) in [6, 6.07) is 4.11. The second kappa shape index (κ2) is 6.57. The molecule has 1 atom stereocenters. The number of nitrogens with two attached hydrogens (primary N) is 1. The van der Waals surface area contributed by atoms with Crippen LogP contribution in [0.4, 0.5) is 0 Å². The van der Waals surface area contributed by atoms with Crippen LogP contribution in [0.15, 0.2) is 16.5 Å². The number of nitrogen functional groups attached to an aromatic ring is 1. The van der Waals surface area contributed by atoms with E-state index in [-0.39, 0.29) is 5.76 Å². The van der Waals surface area contributed by atoms with Gasteiger partial charge in [0.1, 0.15) is 5.76 Å². The molecule has 7 nitrogen and oxygen atoms in total. The van der Waals surface area contributed by atoms with Crippen LogP contribution < -0.4 is 11.3 Å². The second-order valence-corrected chi connectivity index (χ2v) is 5.57. The van der Waals surface area contributed by atoms with Crippen molar-refractivity contribution in [3.8, 4) is 0 Å². The lowest BCUT2D eigenvalue weighted by molar-refractivity contribution is 0.0182. The summed E-state index contributed by atoms with van der Waals surface area (Å²) in [5, 5.41) is 0. The average molecular weight is 294 g/mol. The summed E-state index contributed by atoms with van der Waals surface area (Å²) in [5.74, 6) is 5.76. The van der Waals surface area contributed by atoms with Gasteiger partial charge in [-0.05, 0) is 18.6 Å². The average Bonchev–Trinajstić information content (AvgIpc) is 3.17. The number of likely N-dealkylation sites (tertiary alicyclic amines) is 1. The minimum atomic E-state index is -0.395. The lowest BCUT2D eigenvalue weighted by Crippen LogP contribution is -2.44. The van der Waals surface area contributed by atoms with Crippen LogP contribution >= 0.6 is 0 Å². The Labute approximate surface area is 124 Å². The number of nitrogens with zero attached hydrogens (tertiary/aromatic N) is 2. The molecule has 116 valence electrons. The van der Waals surface area contributed by atoms with Gasteiger partial charge in [0.15, 0.2) is 5.76 Å². The molecule has 1 aromatic rings. The Morgan fingerprint density at radius 1 is 1.33 bits per heavy atom. The Kier molecular flexibility index (Phi) is 4.54. The van der Waals surface area contributed by atoms with Crippen LogP contribution in [0.1, 0.15) is 22.7 Å². The van der Waals surface area contributed by atoms with Gasteiger partial charge in [-0.15, -0.1) is 0 Å². The van der Waals surface area contributed by atoms with E-state index in [4.69, 9.17) is 15.0 Å². The van der Waals surface area contributed by atoms with E-state index in [1.807, 2.05) is 6.07 Å². The van der Waals surface area contributed by atoms with Crippen molar-refractivity contribution in [2.24, 2.45) is 5.84 Å². The number of furan rings is 1. The number of rotatable bonds is 4. The van der Waals surface area contributed by atoms with Crippen LogP contribution in [0.25, 0.3) is 0 Å². The Morgan fingerprint density at radius 2 is 2.14 bits per heavy atom. The first kappa shape index (κ1) is 14.5. The first-order valence-electron chi connectivity index (χ1n) is 7.40. The molecule has 0 aromatic carbocycles. The number of nitrogens with one attached hydrogen (secondary N) is 1. The van der Waals surface area contributed by atoms with Crippen LogP contribution in [0, 0.1) is 0 Å². The summed E-state index contributed by atoms with van der Waals surface area (Å²) in [6.07, 6.45) is 1.18. The molecule has 1 amide bonds. The van der Waals surface area contributed by atoms with E-state index in [9.17, 15) is 4.79 Å². The van der Waals surface area contributed by atoms with Crippen molar-refractivity contribution in [2.45, 2.75) is 19.0 Å². The Morgan fingerprint density at radius 3 is 2.90 bits per heavy atom. The van der Waals surface area contributed by atoms with Crippen molar-refractivity contribution in [1.82, 2.24) is 15.2 Å². The molecule has 2 aliphatic rings. The van der Waals surface area contributed by atoms with Gasteiger partial charge in [0.2, 0.25) is 0 Å². The van der Waals surface area contributed by atoms with E-state index in [0.29, 0.717) is 6.04 Å². The van der Waals surface area contributed by atoms with Crippen LogP contribution in [0.3, 0.4) is 0 Å². The third-order valence-corrected chi connectivity index (χ3v) is 4.21. The molecule has 0 spiro atoms. The van der Waals surface area contributed by atoms with Crippen molar-refractivity contribution in [2.75, 3.05) is 39.4 Å². The van der Waals surface area contributed by atoms with Crippen molar-refractivity contribution in [3.63, 3.8) is 0 Å². The molecule has 2 fully saturated rings. The molecular weight excluding hydrogens is 272 g/mol. The first-order chi connectivity index (χ1) is 10.3. The maximum atomic E-state index is 11.4. The van der Waals surface area contributed by atoms with E-state index in [0.717, 1.165) is 51.7 Å². The predicted molar refractivity (Wildman–Crippen MR) is 76.4 cm³/mol. The quantitative estimate of drug-likeness (QED) is 0.454. The summed E-state index contributed by atoms with van der Waals surface area (Å²) in [5.41, 5.74) is 2.07. The Balaban J connectivity index is 1.52. The second-order valence-electron chi connectivity index (χ2n) is 5.57. The Bertz CT molecular complexity index is 484. The molecule has 0 bridgehead atoms. The number of ether oxygens (including phenoxy) is 1. The molecule has 0 radical (unpaired) electrons. The summed E-state index contributed by atoms with van der Waals surface area (Å²) >= 11 is 0. The van der Waals surface area contributed by atoms with Crippen molar-refractivity contribution in [3.05, 3.63) is 23.7 Å². The van der Waals surface area contributed by atoms with Crippen molar-refractivity contribution < 1.29 is 13.9 Å². The number of carbonyl (C=O) groups is 1. The third kappa shape index (κ3) is 3.44. The van der Waals surface area contributed by atoms with Gasteiger partial charge in [-0.2, -0.15) is 0 Å². The fourth-order valence-corrected chi connectivity index (χ4v) is 3.07. The fourth-order valence-electron chi connectivity index (χ4n) is 3.07. The highest BCUT2D eigenvalue weighted by atomic mass is 16.5. The minimum absolute atomic E-state index is 0.261. The van der Waals surface area contributed by atoms with Gasteiger partial charge in [-0.3, -0.25) is 20.0 Å². The van der Waals surface area contributed by atoms with E-state index >= 15 is 0 Å². The molecule has 21 heavy (non-hydrogen) atoms. The third-order valence-electron chi connectivity index (χ3n) is 4.21. The van der Waals surface area contributed by atoms with Crippen LogP contribution in [0.2, 0.25) is 0 Å². The number of hydrogen-bond acceptors (Lipinski definition) is 6. The normalized spacial score (nSPS) is 24.3. The van der Waals surface area contributed by atoms with Crippen LogP contribution in [-0.2, 0) is 11.3 Å². The van der Waals surface area contributed by atoms with Crippen LogP contribution in [-0.4, -0.2) is 61.1 Å². The summed E-state index contributed by atoms with van der Waals surface area (Å²) in [7, 11) is 0. The molecule has 3 rings (SSSR count). The van der Waals surface area contributed by atoms with E-state index in [1.54, 1.807) is 6.07 Å². The zero-order valence-electron chi connectivity index (χ0n) is 12.1. The SMILES string of the molecule is NNC(=O)c1ccc(CN2CCC(N3CCOCC3)C2)o1. The molecule has 1 unspecified atom stereocenters. The number of carbonyl (C=O) groups excluding carboxylic acids is 1. The van der Waals surface area contributed by atoms with Gasteiger partial charge in [-0.25, -0.2) is 5.84 Å². The standard InChI is InChI=1S/C14H22N4O3/c15-16-14(19)13-2-1-12(21-13)10-17-4-3-11(9-17)18-5-7-20-8-6-18/h1-2,11H,3-10,15H2,(H,16,19). The molecule has 3 N–H and O–H groups in total. The summed E-state index contributed by atoms with van der Waals surface area (Å²) in [6.45, 7) is 6.57. The highest BCUT2D eigenvalue weighted by Crippen LogP contribution is 2.20. The highest BCUT2D eigenvalue weighted by molar-refractivity contribution is 5.90. The smallest absolute Gasteiger partial charge is 0.300 e. The maximum absolute atomic E-state index is 11.4. The largest absolute Gasteiger partial charge is 0.455 e. The molecule has 7 heteroatoms. The van der Waals surface area contributed by atoms with E-state index in [2.05, 4.69) is 15.2 Å². The zero-order valence-corrected chi connectivity index (χ0v) is 12.1. The van der Waals surface area contributed by atoms with Crippen LogP contribution in [0.5, 0.6) is 0 Å². The van der Waals surface area contributed by atoms with E-state index in [1.165, 1.54) is 6.42 Å². The molecule has 3 heterocycles. The van der Waals surface area contributed by atoms with Crippen molar-refractivity contribution in [1.29, 1.82) is 0 Å². The topological polar surface area (TPSA) is 84.0 Å². The van der Waals surface area contributed by atoms with Gasteiger partial charge >= 0.3 is 5.91 Å². The molecule has 0 aliphatic carbocycles. The first-order valence-corrected chi connectivity index (χ1v) is 7.40. The van der Waals surface area contributed by atoms with Gasteiger partial charge < -0.3 is 9.15 Å². The Hall–Kier alpha value is -1.41. The number of amides is 1. The monoisotopic (exact) mass is 294 g/mol. The number of hydrazine groups is 1. The maximum Gasteiger partial charge on any atom is 0.300 e. The van der Waals surface area contributed by atoms with Gasteiger partial charge in [0.05, 0.1) is 19.8 Å². The molecule has 1 aromatic heterocycles.